The van der Waals surface area contributed by atoms with Crippen molar-refractivity contribution in [2.24, 2.45) is 5.73 Å². The molecule has 1 saturated heterocycles. The Kier molecular flexibility index (Phi) is 5.37. The number of carbonyl (C=O) groups excluding carboxylic acids is 1. The number of piperidine rings is 1. The van der Waals surface area contributed by atoms with Crippen LogP contribution in [0.25, 0.3) is 0 Å². The molecule has 1 heterocycles. The average Bonchev–Trinajstić information content (AvgIpc) is 2.47. The third kappa shape index (κ3) is 3.83. The zero-order valence-corrected chi connectivity index (χ0v) is 13.3. The molecule has 0 bridgehead atoms. The summed E-state index contributed by atoms with van der Waals surface area (Å²) in [5.41, 5.74) is 7.94. The molecule has 0 aromatic heterocycles. The van der Waals surface area contributed by atoms with Gasteiger partial charge in [-0.3, -0.25) is 9.69 Å². The number of nitrogens with two attached hydrogens (primary N) is 1. The second kappa shape index (κ2) is 7.05. The summed E-state index contributed by atoms with van der Waals surface area (Å²) in [7, 11) is 1.67. The molecule has 0 aliphatic carbocycles. The quantitative estimate of drug-likeness (QED) is 0.847. The van der Waals surface area contributed by atoms with Crippen LogP contribution in [0.4, 0.5) is 0 Å². The lowest BCUT2D eigenvalue weighted by Crippen LogP contribution is -2.48. The SMILES string of the molecule is COc1ccc(C(C)=O)cc1CN1CCCCC1C(C)N. The highest BCUT2D eigenvalue weighted by Crippen LogP contribution is 2.26. The lowest BCUT2D eigenvalue weighted by Gasteiger charge is -2.38. The number of hydrogen-bond acceptors (Lipinski definition) is 4. The first-order chi connectivity index (χ1) is 10.0. The molecule has 21 heavy (non-hydrogen) atoms. The van der Waals surface area contributed by atoms with Gasteiger partial charge in [0.15, 0.2) is 5.78 Å². The Morgan fingerprint density at radius 2 is 2.24 bits per heavy atom. The number of ketones is 1. The fourth-order valence-electron chi connectivity index (χ4n) is 3.15. The molecule has 1 fully saturated rings. The summed E-state index contributed by atoms with van der Waals surface area (Å²) in [5.74, 6) is 0.926. The van der Waals surface area contributed by atoms with Crippen LogP contribution in [0.2, 0.25) is 0 Å². The van der Waals surface area contributed by atoms with Crippen LogP contribution in [0.1, 0.15) is 49.0 Å². The molecular weight excluding hydrogens is 264 g/mol. The fourth-order valence-corrected chi connectivity index (χ4v) is 3.15. The summed E-state index contributed by atoms with van der Waals surface area (Å²) in [6.45, 7) is 5.51. The first-order valence-corrected chi connectivity index (χ1v) is 7.70. The maximum absolute atomic E-state index is 11.6. The van der Waals surface area contributed by atoms with Crippen LogP contribution in [0.15, 0.2) is 18.2 Å². The highest BCUT2D eigenvalue weighted by molar-refractivity contribution is 5.94. The van der Waals surface area contributed by atoms with Gasteiger partial charge in [0.05, 0.1) is 7.11 Å². The summed E-state index contributed by atoms with van der Waals surface area (Å²) in [5, 5.41) is 0. The zero-order chi connectivity index (χ0) is 15.4. The van der Waals surface area contributed by atoms with E-state index in [9.17, 15) is 4.79 Å². The smallest absolute Gasteiger partial charge is 0.159 e. The number of nitrogens with zero attached hydrogens (tertiary/aromatic N) is 1. The summed E-state index contributed by atoms with van der Waals surface area (Å²) in [6.07, 6.45) is 3.59. The Balaban J connectivity index is 2.23. The van der Waals surface area contributed by atoms with Gasteiger partial charge < -0.3 is 10.5 Å². The van der Waals surface area contributed by atoms with E-state index in [2.05, 4.69) is 11.8 Å². The van der Waals surface area contributed by atoms with Gasteiger partial charge in [0.1, 0.15) is 5.75 Å². The maximum atomic E-state index is 11.6. The molecule has 1 aliphatic heterocycles. The standard InChI is InChI=1S/C17H26N2O2/c1-12(18)16-6-4-5-9-19(16)11-15-10-14(13(2)20)7-8-17(15)21-3/h7-8,10,12,16H,4-6,9,11,18H2,1-3H3. The number of methoxy groups -OCH3 is 1. The number of Topliss-reactive ketones (excluding diaryl/α,β-unsaturated/α-hetero) is 1. The summed E-state index contributed by atoms with van der Waals surface area (Å²) in [4.78, 5) is 14.0. The van der Waals surface area contributed by atoms with Crippen LogP contribution in [-0.2, 0) is 6.54 Å². The van der Waals surface area contributed by atoms with Gasteiger partial charge in [-0.1, -0.05) is 6.42 Å². The molecule has 1 aromatic rings. The Hall–Kier alpha value is -1.39. The number of rotatable bonds is 5. The summed E-state index contributed by atoms with van der Waals surface area (Å²) < 4.78 is 5.45. The van der Waals surface area contributed by atoms with E-state index in [1.54, 1.807) is 14.0 Å². The predicted molar refractivity (Wildman–Crippen MR) is 84.7 cm³/mol. The molecule has 2 N–H and O–H groups in total. The highest BCUT2D eigenvalue weighted by atomic mass is 16.5. The van der Waals surface area contributed by atoms with Crippen molar-refractivity contribution < 1.29 is 9.53 Å². The monoisotopic (exact) mass is 290 g/mol. The predicted octanol–water partition coefficient (Wildman–Crippen LogP) is 2.60. The minimum Gasteiger partial charge on any atom is -0.496 e. The van der Waals surface area contributed by atoms with Gasteiger partial charge in [-0.05, 0) is 51.4 Å². The largest absolute Gasteiger partial charge is 0.496 e. The second-order valence-electron chi connectivity index (χ2n) is 5.98. The Labute approximate surface area is 127 Å². The van der Waals surface area contributed by atoms with Gasteiger partial charge in [0.2, 0.25) is 0 Å². The minimum absolute atomic E-state index is 0.0845. The molecular formula is C17H26N2O2. The van der Waals surface area contributed by atoms with E-state index >= 15 is 0 Å². The van der Waals surface area contributed by atoms with Gasteiger partial charge in [-0.15, -0.1) is 0 Å². The molecule has 0 spiro atoms. The Morgan fingerprint density at radius 1 is 1.48 bits per heavy atom. The molecule has 0 radical (unpaired) electrons. The Morgan fingerprint density at radius 3 is 2.86 bits per heavy atom. The van der Waals surface area contributed by atoms with Gasteiger partial charge in [0.25, 0.3) is 0 Å². The molecule has 1 aliphatic rings. The van der Waals surface area contributed by atoms with Gasteiger partial charge in [-0.2, -0.15) is 0 Å². The molecule has 1 aromatic carbocycles. The van der Waals surface area contributed by atoms with Crippen LogP contribution < -0.4 is 10.5 Å². The van der Waals surface area contributed by atoms with Crippen LogP contribution >= 0.6 is 0 Å². The third-order valence-corrected chi connectivity index (χ3v) is 4.33. The lowest BCUT2D eigenvalue weighted by molar-refractivity contribution is 0.101. The molecule has 2 unspecified atom stereocenters. The molecule has 4 nitrogen and oxygen atoms in total. The molecule has 2 atom stereocenters. The number of carbonyl (C=O) groups is 1. The van der Waals surface area contributed by atoms with Crippen molar-refractivity contribution in [1.29, 1.82) is 0 Å². The van der Waals surface area contributed by atoms with Gasteiger partial charge >= 0.3 is 0 Å². The van der Waals surface area contributed by atoms with Gasteiger partial charge in [-0.25, -0.2) is 0 Å². The first kappa shape index (κ1) is 16.0. The van der Waals surface area contributed by atoms with E-state index in [-0.39, 0.29) is 11.8 Å². The normalized spacial score (nSPS) is 21.0. The van der Waals surface area contributed by atoms with Crippen molar-refractivity contribution >= 4 is 5.78 Å². The third-order valence-electron chi connectivity index (χ3n) is 4.33. The van der Waals surface area contributed by atoms with E-state index < -0.39 is 0 Å². The zero-order valence-electron chi connectivity index (χ0n) is 13.3. The maximum Gasteiger partial charge on any atom is 0.159 e. The number of ether oxygens (including phenoxy) is 1. The van der Waals surface area contributed by atoms with Crippen LogP contribution in [0, 0.1) is 0 Å². The number of likely N-dealkylation sites (tertiary alicyclic amines) is 1. The molecule has 116 valence electrons. The van der Waals surface area contributed by atoms with Crippen molar-refractivity contribution in [3.8, 4) is 5.75 Å². The van der Waals surface area contributed by atoms with Crippen LogP contribution in [0.3, 0.4) is 0 Å². The number of benzene rings is 1. The van der Waals surface area contributed by atoms with E-state index in [1.807, 2.05) is 18.2 Å². The lowest BCUT2D eigenvalue weighted by atomic mass is 9.96. The van der Waals surface area contributed by atoms with Crippen LogP contribution in [0.5, 0.6) is 5.75 Å². The molecule has 4 heteroatoms. The minimum atomic E-state index is 0.0845. The topological polar surface area (TPSA) is 55.6 Å². The fraction of sp³-hybridized carbons (Fsp3) is 0.588. The number of hydrogen-bond donors (Lipinski definition) is 1. The molecule has 0 saturated carbocycles. The summed E-state index contributed by atoms with van der Waals surface area (Å²) in [6, 6.07) is 6.23. The van der Waals surface area contributed by atoms with E-state index in [0.29, 0.717) is 6.04 Å². The Bertz CT molecular complexity index is 500. The first-order valence-electron chi connectivity index (χ1n) is 7.70. The van der Waals surface area contributed by atoms with E-state index in [4.69, 9.17) is 10.5 Å². The van der Waals surface area contributed by atoms with Crippen molar-refractivity contribution in [2.45, 2.75) is 51.7 Å². The second-order valence-corrected chi connectivity index (χ2v) is 5.98. The highest BCUT2D eigenvalue weighted by Gasteiger charge is 2.26. The summed E-state index contributed by atoms with van der Waals surface area (Å²) >= 11 is 0. The van der Waals surface area contributed by atoms with Crippen LogP contribution in [-0.4, -0.2) is 36.4 Å². The van der Waals surface area contributed by atoms with E-state index in [1.165, 1.54) is 12.8 Å². The molecule has 0 amide bonds. The molecule has 2 rings (SSSR count). The van der Waals surface area contributed by atoms with Crippen molar-refractivity contribution in [1.82, 2.24) is 4.90 Å². The van der Waals surface area contributed by atoms with Crippen molar-refractivity contribution in [3.05, 3.63) is 29.3 Å². The van der Waals surface area contributed by atoms with Crippen molar-refractivity contribution in [3.63, 3.8) is 0 Å². The average molecular weight is 290 g/mol. The van der Waals surface area contributed by atoms with Gasteiger partial charge in [0, 0.05) is 29.8 Å². The van der Waals surface area contributed by atoms with Crippen molar-refractivity contribution in [2.75, 3.05) is 13.7 Å². The van der Waals surface area contributed by atoms with E-state index in [0.717, 1.165) is 36.4 Å².